The van der Waals surface area contributed by atoms with Crippen molar-refractivity contribution in [1.29, 1.82) is 0 Å². The molecule has 0 radical (unpaired) electrons. The molecule has 3 N–H and O–H groups in total. The molecule has 0 aliphatic carbocycles. The third-order valence-electron chi connectivity index (χ3n) is 6.03. The first-order chi connectivity index (χ1) is 18.0. The highest BCUT2D eigenvalue weighted by atomic mass is 32.1. The molecule has 3 amide bonds. The van der Waals surface area contributed by atoms with Gasteiger partial charge < -0.3 is 5.32 Å². The van der Waals surface area contributed by atoms with Crippen LogP contribution in [0.5, 0.6) is 0 Å². The number of hydrogen-bond donors (Lipinski definition) is 3. The van der Waals surface area contributed by atoms with Crippen LogP contribution >= 0.6 is 12.2 Å². The summed E-state index contributed by atoms with van der Waals surface area (Å²) in [5, 5.41) is 4.85. The predicted octanol–water partition coefficient (Wildman–Crippen LogP) is 2.65. The first-order valence-electron chi connectivity index (χ1n) is 11.6. The predicted molar refractivity (Wildman–Crippen MR) is 142 cm³/mol. The molecule has 0 unspecified atom stereocenters. The van der Waals surface area contributed by atoms with Gasteiger partial charge in [-0.2, -0.15) is 0 Å². The van der Waals surface area contributed by atoms with Crippen molar-refractivity contribution in [2.24, 2.45) is 0 Å². The van der Waals surface area contributed by atoms with Crippen LogP contribution in [0.1, 0.15) is 36.8 Å². The van der Waals surface area contributed by atoms with Gasteiger partial charge in [0.05, 0.1) is 17.2 Å². The van der Waals surface area contributed by atoms with Crippen LogP contribution in [0.15, 0.2) is 85.3 Å². The minimum Gasteiger partial charge on any atom is -0.356 e. The summed E-state index contributed by atoms with van der Waals surface area (Å²) >= 11 is 5.42. The zero-order valence-electron chi connectivity index (χ0n) is 19.5. The van der Waals surface area contributed by atoms with Gasteiger partial charge in [-0.05, 0) is 59.9 Å². The molecule has 184 valence electrons. The molecule has 0 saturated carbocycles. The van der Waals surface area contributed by atoms with E-state index in [2.05, 4.69) is 26.1 Å². The molecular weight excluding hydrogens is 488 g/mol. The number of hydrogen-bond acceptors (Lipinski definition) is 6. The summed E-state index contributed by atoms with van der Waals surface area (Å²) in [6.07, 6.45) is 5.36. The second-order valence-electron chi connectivity index (χ2n) is 8.46. The van der Waals surface area contributed by atoms with E-state index in [-0.39, 0.29) is 29.2 Å². The van der Waals surface area contributed by atoms with E-state index < -0.39 is 11.9 Å². The summed E-state index contributed by atoms with van der Waals surface area (Å²) < 4.78 is 0. The zero-order valence-corrected chi connectivity index (χ0v) is 20.4. The monoisotopic (exact) mass is 510 g/mol. The van der Waals surface area contributed by atoms with Crippen LogP contribution in [0.2, 0.25) is 0 Å². The van der Waals surface area contributed by atoms with E-state index in [0.29, 0.717) is 22.9 Å². The van der Waals surface area contributed by atoms with Crippen molar-refractivity contribution >= 4 is 45.8 Å². The molecule has 9 nitrogen and oxygen atoms in total. The van der Waals surface area contributed by atoms with E-state index in [1.54, 1.807) is 42.9 Å². The lowest BCUT2D eigenvalue weighted by Crippen LogP contribution is -2.53. The number of rotatable bonds is 6. The van der Waals surface area contributed by atoms with Gasteiger partial charge in [0.2, 0.25) is 0 Å². The maximum Gasteiger partial charge on any atom is 0.288 e. The Kier molecular flexibility index (Phi) is 6.82. The van der Waals surface area contributed by atoms with E-state index in [4.69, 9.17) is 12.2 Å². The highest BCUT2D eigenvalue weighted by Gasteiger charge is 2.36. The second kappa shape index (κ2) is 10.5. The second-order valence-corrected chi connectivity index (χ2v) is 8.86. The first-order valence-corrected chi connectivity index (χ1v) is 12.0. The molecule has 2 aromatic carbocycles. The van der Waals surface area contributed by atoms with Crippen LogP contribution in [-0.2, 0) is 6.42 Å². The van der Waals surface area contributed by atoms with Crippen molar-refractivity contribution in [2.75, 3.05) is 6.54 Å². The van der Waals surface area contributed by atoms with Crippen molar-refractivity contribution in [3.8, 4) is 0 Å². The molecule has 5 rings (SSSR count). The smallest absolute Gasteiger partial charge is 0.288 e. The van der Waals surface area contributed by atoms with Crippen LogP contribution in [0.25, 0.3) is 10.8 Å². The fourth-order valence-electron chi connectivity index (χ4n) is 4.28. The van der Waals surface area contributed by atoms with Crippen molar-refractivity contribution in [1.82, 2.24) is 31.0 Å². The van der Waals surface area contributed by atoms with Crippen LogP contribution in [0.3, 0.4) is 0 Å². The number of pyridine rings is 2. The number of amides is 3. The molecule has 1 aliphatic heterocycles. The Labute approximate surface area is 217 Å². The number of carbonyl (C=O) groups is 3. The Morgan fingerprint density at radius 3 is 2.27 bits per heavy atom. The number of fused-ring (bicyclic) bond motifs is 2. The van der Waals surface area contributed by atoms with Gasteiger partial charge in [-0.1, -0.05) is 36.4 Å². The molecule has 0 spiro atoms. The number of nitrogens with one attached hydrogen (secondary N) is 3. The fraction of sp³-hybridized carbons (Fsp3) is 0.111. The number of aromatic nitrogens is 2. The third kappa shape index (κ3) is 5.14. The Balaban J connectivity index is 1.28. The standard InChI is InChI=1S/C27H22N6O3S/c34-24(23-20-6-2-1-5-18(20)11-14-29-23)31-32-27(37)30-19(15-17-9-12-28-13-10-17)16-33-25(35)21-7-3-4-8-22(21)26(33)36/h1-14,19H,15-16H2,(H,31,34)(H2,30,32,37)/t19-/m1/s1. The van der Waals surface area contributed by atoms with Crippen LogP contribution in [-0.4, -0.2) is 50.3 Å². The lowest BCUT2D eigenvalue weighted by atomic mass is 10.1. The number of nitrogens with zero attached hydrogens (tertiary/aromatic N) is 3. The first kappa shape index (κ1) is 24.0. The van der Waals surface area contributed by atoms with E-state index in [1.165, 1.54) is 4.90 Å². The van der Waals surface area contributed by atoms with Gasteiger partial charge in [0.15, 0.2) is 5.11 Å². The number of hydrazine groups is 1. The number of benzene rings is 2. The van der Waals surface area contributed by atoms with Gasteiger partial charge in [0.1, 0.15) is 5.69 Å². The van der Waals surface area contributed by atoms with Gasteiger partial charge in [-0.15, -0.1) is 0 Å². The normalized spacial score (nSPS) is 13.2. The average molecular weight is 511 g/mol. The molecule has 4 aromatic rings. The molecule has 0 fully saturated rings. The molecule has 37 heavy (non-hydrogen) atoms. The summed E-state index contributed by atoms with van der Waals surface area (Å²) in [6.45, 7) is 0.0787. The van der Waals surface area contributed by atoms with E-state index >= 15 is 0 Å². The summed E-state index contributed by atoms with van der Waals surface area (Å²) in [6, 6.07) is 19.3. The van der Waals surface area contributed by atoms with Crippen LogP contribution in [0, 0.1) is 0 Å². The van der Waals surface area contributed by atoms with Gasteiger partial charge in [0, 0.05) is 30.5 Å². The summed E-state index contributed by atoms with van der Waals surface area (Å²) in [5.74, 6) is -1.15. The molecule has 0 bridgehead atoms. The molecule has 2 aromatic heterocycles. The molecule has 0 saturated heterocycles. The van der Waals surface area contributed by atoms with Gasteiger partial charge in [-0.25, -0.2) is 0 Å². The molecule has 3 heterocycles. The Morgan fingerprint density at radius 1 is 0.865 bits per heavy atom. The third-order valence-corrected chi connectivity index (χ3v) is 6.25. The highest BCUT2D eigenvalue weighted by Crippen LogP contribution is 2.23. The number of thiocarbonyl (C=S) groups is 1. The minimum absolute atomic E-state index is 0.0787. The van der Waals surface area contributed by atoms with Gasteiger partial charge in [0.25, 0.3) is 17.7 Å². The average Bonchev–Trinajstić information content (AvgIpc) is 3.17. The molecular formula is C27H22N6O3S. The quantitative estimate of drug-likeness (QED) is 0.206. The SMILES string of the molecule is O=C(NNC(=S)N[C@H](Cc1ccncc1)CN1C(=O)c2ccccc2C1=O)c1nccc2ccccc12. The summed E-state index contributed by atoms with van der Waals surface area (Å²) in [7, 11) is 0. The molecule has 1 aliphatic rings. The minimum atomic E-state index is -0.452. The lowest BCUT2D eigenvalue weighted by Gasteiger charge is -2.25. The van der Waals surface area contributed by atoms with Crippen molar-refractivity contribution in [3.05, 3.63) is 108 Å². The Hall–Kier alpha value is -4.70. The zero-order chi connectivity index (χ0) is 25.8. The molecule has 10 heteroatoms. The fourth-order valence-corrected chi connectivity index (χ4v) is 4.50. The molecule has 1 atom stereocenters. The largest absolute Gasteiger partial charge is 0.356 e. The Bertz CT molecular complexity index is 1470. The highest BCUT2D eigenvalue weighted by molar-refractivity contribution is 7.80. The maximum atomic E-state index is 12.9. The summed E-state index contributed by atoms with van der Waals surface area (Å²) in [4.78, 5) is 48.1. The van der Waals surface area contributed by atoms with E-state index in [1.807, 2.05) is 42.5 Å². The van der Waals surface area contributed by atoms with E-state index in [9.17, 15) is 14.4 Å². The maximum absolute atomic E-state index is 12.9. The lowest BCUT2D eigenvalue weighted by molar-refractivity contribution is 0.0641. The Morgan fingerprint density at radius 2 is 1.54 bits per heavy atom. The van der Waals surface area contributed by atoms with Gasteiger partial charge >= 0.3 is 0 Å². The number of imide groups is 1. The van der Waals surface area contributed by atoms with Crippen molar-refractivity contribution in [3.63, 3.8) is 0 Å². The van der Waals surface area contributed by atoms with E-state index in [0.717, 1.165) is 10.9 Å². The topological polar surface area (TPSA) is 116 Å². The van der Waals surface area contributed by atoms with Crippen molar-refractivity contribution < 1.29 is 14.4 Å². The van der Waals surface area contributed by atoms with Crippen LogP contribution < -0.4 is 16.2 Å². The van der Waals surface area contributed by atoms with Crippen LogP contribution in [0.4, 0.5) is 0 Å². The summed E-state index contributed by atoms with van der Waals surface area (Å²) in [5.41, 5.74) is 7.24. The van der Waals surface area contributed by atoms with Gasteiger partial charge in [-0.3, -0.25) is 40.1 Å². The number of carbonyl (C=O) groups excluding carboxylic acids is 3. The van der Waals surface area contributed by atoms with Crippen molar-refractivity contribution in [2.45, 2.75) is 12.5 Å².